The molecule has 14 heavy (non-hydrogen) atoms. The van der Waals surface area contributed by atoms with Gasteiger partial charge in [-0.3, -0.25) is 5.01 Å². The highest BCUT2D eigenvalue weighted by Crippen LogP contribution is 2.21. The number of benzene rings is 1. The van der Waals surface area contributed by atoms with E-state index in [0.717, 1.165) is 13.0 Å². The van der Waals surface area contributed by atoms with Gasteiger partial charge < -0.3 is 0 Å². The van der Waals surface area contributed by atoms with E-state index in [0.29, 0.717) is 5.92 Å². The van der Waals surface area contributed by atoms with E-state index in [1.54, 1.807) is 0 Å². The van der Waals surface area contributed by atoms with Crippen LogP contribution < -0.4 is 5.01 Å². The van der Waals surface area contributed by atoms with E-state index in [2.05, 4.69) is 48.2 Å². The highest BCUT2D eigenvalue weighted by molar-refractivity contribution is 5.84. The van der Waals surface area contributed by atoms with Gasteiger partial charge in [-0.2, -0.15) is 5.10 Å². The molecule has 0 aliphatic carbocycles. The van der Waals surface area contributed by atoms with Crippen LogP contribution in [-0.4, -0.2) is 12.3 Å². The summed E-state index contributed by atoms with van der Waals surface area (Å²) in [6.07, 6.45) is 1.13. The maximum Gasteiger partial charge on any atom is 0.0593 e. The Morgan fingerprint density at radius 1 is 1.29 bits per heavy atom. The van der Waals surface area contributed by atoms with Gasteiger partial charge in [-0.05, 0) is 31.4 Å². The van der Waals surface area contributed by atoms with Gasteiger partial charge in [0.05, 0.1) is 5.69 Å². The van der Waals surface area contributed by atoms with Crippen molar-refractivity contribution in [2.75, 3.05) is 11.6 Å². The first-order valence-corrected chi connectivity index (χ1v) is 5.12. The minimum Gasteiger partial charge on any atom is -0.265 e. The summed E-state index contributed by atoms with van der Waals surface area (Å²) in [6, 6.07) is 10.4. The molecule has 1 aliphatic heterocycles. The molecule has 0 aromatic heterocycles. The van der Waals surface area contributed by atoms with Crippen LogP contribution in [0.15, 0.2) is 35.4 Å². The number of rotatable bonds is 1. The summed E-state index contributed by atoms with van der Waals surface area (Å²) >= 11 is 0. The van der Waals surface area contributed by atoms with E-state index in [9.17, 15) is 0 Å². The van der Waals surface area contributed by atoms with Gasteiger partial charge in [0.2, 0.25) is 0 Å². The number of anilines is 1. The summed E-state index contributed by atoms with van der Waals surface area (Å²) in [4.78, 5) is 0. The fourth-order valence-corrected chi connectivity index (χ4v) is 1.91. The molecule has 0 fully saturated rings. The zero-order chi connectivity index (χ0) is 9.97. The molecular formula is C12H16N2. The van der Waals surface area contributed by atoms with Crippen molar-refractivity contribution in [2.45, 2.75) is 20.3 Å². The number of hydrazone groups is 1. The second kappa shape index (κ2) is 3.82. The van der Waals surface area contributed by atoms with Crippen molar-refractivity contribution in [3.8, 4) is 0 Å². The number of hydrogen-bond donors (Lipinski definition) is 0. The van der Waals surface area contributed by atoms with E-state index >= 15 is 0 Å². The zero-order valence-electron chi connectivity index (χ0n) is 8.77. The SMILES string of the molecule is CC1=NN(c2ccccc2)CC(C)C1. The second-order valence-electron chi connectivity index (χ2n) is 4.06. The van der Waals surface area contributed by atoms with Crippen LogP contribution in [-0.2, 0) is 0 Å². The Kier molecular flexibility index (Phi) is 2.53. The van der Waals surface area contributed by atoms with Gasteiger partial charge in [0.25, 0.3) is 0 Å². The van der Waals surface area contributed by atoms with Crippen LogP contribution in [0.5, 0.6) is 0 Å². The number of para-hydroxylation sites is 1. The summed E-state index contributed by atoms with van der Waals surface area (Å²) < 4.78 is 0. The third kappa shape index (κ3) is 1.95. The van der Waals surface area contributed by atoms with Gasteiger partial charge >= 0.3 is 0 Å². The van der Waals surface area contributed by atoms with E-state index in [1.165, 1.54) is 11.4 Å². The molecule has 0 bridgehead atoms. The molecule has 0 spiro atoms. The van der Waals surface area contributed by atoms with Crippen LogP contribution in [0, 0.1) is 5.92 Å². The zero-order valence-corrected chi connectivity index (χ0v) is 8.77. The lowest BCUT2D eigenvalue weighted by atomic mass is 10.0. The van der Waals surface area contributed by atoms with Crippen LogP contribution in [0.4, 0.5) is 5.69 Å². The molecule has 1 unspecified atom stereocenters. The predicted octanol–water partition coefficient (Wildman–Crippen LogP) is 2.91. The Morgan fingerprint density at radius 3 is 2.64 bits per heavy atom. The number of hydrogen-bond acceptors (Lipinski definition) is 2. The van der Waals surface area contributed by atoms with Crippen molar-refractivity contribution in [1.82, 2.24) is 0 Å². The molecule has 1 aromatic carbocycles. The predicted molar refractivity (Wildman–Crippen MR) is 60.7 cm³/mol. The quantitative estimate of drug-likeness (QED) is 0.661. The summed E-state index contributed by atoms with van der Waals surface area (Å²) in [5.74, 6) is 0.702. The third-order valence-electron chi connectivity index (χ3n) is 2.47. The lowest BCUT2D eigenvalue weighted by molar-refractivity contribution is 0.562. The Morgan fingerprint density at radius 2 is 2.00 bits per heavy atom. The topological polar surface area (TPSA) is 15.6 Å². The summed E-state index contributed by atoms with van der Waals surface area (Å²) in [7, 11) is 0. The van der Waals surface area contributed by atoms with Crippen LogP contribution in [0.3, 0.4) is 0 Å². The average molecular weight is 188 g/mol. The average Bonchev–Trinajstić information content (AvgIpc) is 2.18. The first-order chi connectivity index (χ1) is 6.75. The Labute approximate surface area is 85.2 Å². The lowest BCUT2D eigenvalue weighted by Crippen LogP contribution is -2.30. The fourth-order valence-electron chi connectivity index (χ4n) is 1.91. The second-order valence-corrected chi connectivity index (χ2v) is 4.06. The molecule has 0 saturated heterocycles. The lowest BCUT2D eigenvalue weighted by Gasteiger charge is -2.28. The Bertz CT molecular complexity index is 329. The van der Waals surface area contributed by atoms with Crippen molar-refractivity contribution in [3.63, 3.8) is 0 Å². The molecule has 1 aliphatic rings. The van der Waals surface area contributed by atoms with Gasteiger partial charge in [-0.1, -0.05) is 25.1 Å². The van der Waals surface area contributed by atoms with Crippen molar-refractivity contribution in [3.05, 3.63) is 30.3 Å². The highest BCUT2D eigenvalue weighted by atomic mass is 15.5. The number of nitrogens with zero attached hydrogens (tertiary/aromatic N) is 2. The largest absolute Gasteiger partial charge is 0.265 e. The van der Waals surface area contributed by atoms with Gasteiger partial charge in [-0.25, -0.2) is 0 Å². The van der Waals surface area contributed by atoms with Crippen LogP contribution in [0.25, 0.3) is 0 Å². The molecule has 0 amide bonds. The molecule has 1 atom stereocenters. The molecule has 1 heterocycles. The molecular weight excluding hydrogens is 172 g/mol. The van der Waals surface area contributed by atoms with Gasteiger partial charge in [-0.15, -0.1) is 0 Å². The molecule has 0 radical (unpaired) electrons. The van der Waals surface area contributed by atoms with Crippen molar-refractivity contribution < 1.29 is 0 Å². The first-order valence-electron chi connectivity index (χ1n) is 5.12. The minimum atomic E-state index is 0.702. The van der Waals surface area contributed by atoms with E-state index in [1.807, 2.05) is 6.07 Å². The van der Waals surface area contributed by atoms with E-state index in [4.69, 9.17) is 0 Å². The van der Waals surface area contributed by atoms with Gasteiger partial charge in [0.1, 0.15) is 0 Å². The standard InChI is InChI=1S/C12H16N2/c1-10-8-11(2)13-14(9-10)12-6-4-3-5-7-12/h3-7,10H,8-9H2,1-2H3. The van der Waals surface area contributed by atoms with Crippen molar-refractivity contribution in [2.24, 2.45) is 11.0 Å². The highest BCUT2D eigenvalue weighted by Gasteiger charge is 2.16. The maximum atomic E-state index is 4.55. The fraction of sp³-hybridized carbons (Fsp3) is 0.417. The molecule has 1 aromatic rings. The normalized spacial score (nSPS) is 22.0. The van der Waals surface area contributed by atoms with E-state index in [-0.39, 0.29) is 0 Å². The van der Waals surface area contributed by atoms with Gasteiger partial charge in [0, 0.05) is 12.3 Å². The Balaban J connectivity index is 2.23. The molecule has 0 saturated carbocycles. The van der Waals surface area contributed by atoms with Crippen LogP contribution in [0.2, 0.25) is 0 Å². The van der Waals surface area contributed by atoms with Crippen molar-refractivity contribution in [1.29, 1.82) is 0 Å². The molecule has 2 rings (SSSR count). The smallest absolute Gasteiger partial charge is 0.0593 e. The van der Waals surface area contributed by atoms with Crippen LogP contribution in [0.1, 0.15) is 20.3 Å². The summed E-state index contributed by atoms with van der Waals surface area (Å²) in [6.45, 7) is 5.40. The van der Waals surface area contributed by atoms with Gasteiger partial charge in [0.15, 0.2) is 0 Å². The molecule has 0 N–H and O–H groups in total. The summed E-state index contributed by atoms with van der Waals surface area (Å²) in [5.41, 5.74) is 2.42. The molecule has 2 heteroatoms. The van der Waals surface area contributed by atoms with Crippen LogP contribution >= 0.6 is 0 Å². The van der Waals surface area contributed by atoms with Crippen molar-refractivity contribution >= 4 is 11.4 Å². The molecule has 2 nitrogen and oxygen atoms in total. The maximum absolute atomic E-state index is 4.55. The third-order valence-corrected chi connectivity index (χ3v) is 2.47. The monoisotopic (exact) mass is 188 g/mol. The first kappa shape index (κ1) is 9.25. The van der Waals surface area contributed by atoms with E-state index < -0.39 is 0 Å². The Hall–Kier alpha value is -1.31. The molecule has 74 valence electrons. The summed E-state index contributed by atoms with van der Waals surface area (Å²) in [5, 5.41) is 6.65. The minimum absolute atomic E-state index is 0.702.